The summed E-state index contributed by atoms with van der Waals surface area (Å²) in [5.41, 5.74) is 2.59. The molecule has 0 fully saturated rings. The largest absolute Gasteiger partial charge is 0.497 e. The molecule has 2 heterocycles. The number of ether oxygens (including phenoxy) is 1. The number of benzene rings is 2. The van der Waals surface area contributed by atoms with Crippen LogP contribution in [0.15, 0.2) is 47.5 Å². The van der Waals surface area contributed by atoms with E-state index >= 15 is 0 Å². The van der Waals surface area contributed by atoms with Gasteiger partial charge in [-0.05, 0) is 36.2 Å². The van der Waals surface area contributed by atoms with Crippen molar-refractivity contribution < 1.29 is 22.7 Å². The lowest BCUT2D eigenvalue weighted by Gasteiger charge is -2.17. The molecule has 0 atom stereocenters. The number of para-hydroxylation sites is 1. The second-order valence-corrected chi connectivity index (χ2v) is 10.3. The molecule has 0 unspecified atom stereocenters. The Morgan fingerprint density at radius 1 is 1.16 bits per heavy atom. The highest BCUT2D eigenvalue weighted by molar-refractivity contribution is 7.92. The molecular formula is C21H21N3O5S2. The number of methoxy groups -OCH3 is 1. The third-order valence-electron chi connectivity index (χ3n) is 5.11. The molecule has 1 aliphatic heterocycles. The Labute approximate surface area is 183 Å². The van der Waals surface area contributed by atoms with Crippen molar-refractivity contribution in [2.45, 2.75) is 6.42 Å². The van der Waals surface area contributed by atoms with Crippen LogP contribution in [0.25, 0.3) is 10.2 Å². The maximum atomic E-state index is 12.6. The van der Waals surface area contributed by atoms with Gasteiger partial charge >= 0.3 is 0 Å². The Hall–Kier alpha value is -2.98. The normalized spacial score (nSPS) is 14.1. The van der Waals surface area contributed by atoms with Crippen LogP contribution in [0.1, 0.15) is 5.56 Å². The van der Waals surface area contributed by atoms with Gasteiger partial charge in [0.1, 0.15) is 17.3 Å². The SMILES string of the molecule is COc1ccc2c(c1)sc(=NC(=O)CS(=O)(=O)CC(=O)N1CCc3ccccc31)n2C. The van der Waals surface area contributed by atoms with Crippen LogP contribution in [0, 0.1) is 0 Å². The molecule has 2 aromatic carbocycles. The van der Waals surface area contributed by atoms with Crippen molar-refractivity contribution in [2.24, 2.45) is 12.0 Å². The first-order valence-corrected chi connectivity index (χ1v) is 12.2. The molecule has 162 valence electrons. The van der Waals surface area contributed by atoms with Crippen molar-refractivity contribution >= 4 is 48.9 Å². The van der Waals surface area contributed by atoms with Crippen LogP contribution in [0.2, 0.25) is 0 Å². The van der Waals surface area contributed by atoms with Crippen molar-refractivity contribution in [1.29, 1.82) is 0 Å². The van der Waals surface area contributed by atoms with Crippen LogP contribution >= 0.6 is 11.3 Å². The predicted octanol–water partition coefficient (Wildman–Crippen LogP) is 1.68. The molecule has 0 aliphatic carbocycles. The number of sulfone groups is 1. The highest BCUT2D eigenvalue weighted by atomic mass is 32.2. The Bertz CT molecular complexity index is 1350. The van der Waals surface area contributed by atoms with E-state index in [0.717, 1.165) is 21.5 Å². The van der Waals surface area contributed by atoms with E-state index in [2.05, 4.69) is 4.99 Å². The summed E-state index contributed by atoms with van der Waals surface area (Å²) in [6.07, 6.45) is 0.684. The number of fused-ring (bicyclic) bond motifs is 2. The molecule has 1 aromatic heterocycles. The first-order valence-electron chi connectivity index (χ1n) is 9.57. The first-order chi connectivity index (χ1) is 14.8. The summed E-state index contributed by atoms with van der Waals surface area (Å²) in [6.45, 7) is 0.438. The fraction of sp³-hybridized carbons (Fsp3) is 0.286. The Balaban J connectivity index is 1.50. The van der Waals surface area contributed by atoms with Gasteiger partial charge in [-0.2, -0.15) is 4.99 Å². The molecule has 2 amide bonds. The van der Waals surface area contributed by atoms with Crippen LogP contribution in [-0.4, -0.2) is 50.0 Å². The molecule has 0 N–H and O–H groups in total. The summed E-state index contributed by atoms with van der Waals surface area (Å²) in [5, 5.41) is 0. The molecule has 0 bridgehead atoms. The summed E-state index contributed by atoms with van der Waals surface area (Å²) in [5.74, 6) is -2.19. The molecule has 31 heavy (non-hydrogen) atoms. The first kappa shape index (κ1) is 21.3. The zero-order valence-electron chi connectivity index (χ0n) is 17.1. The number of nitrogens with zero attached hydrogens (tertiary/aromatic N) is 3. The van der Waals surface area contributed by atoms with E-state index in [1.54, 1.807) is 30.9 Å². The number of aromatic nitrogens is 1. The molecular weight excluding hydrogens is 438 g/mol. The van der Waals surface area contributed by atoms with Crippen LogP contribution in [0.5, 0.6) is 5.75 Å². The van der Waals surface area contributed by atoms with Gasteiger partial charge in [-0.15, -0.1) is 0 Å². The van der Waals surface area contributed by atoms with Gasteiger partial charge in [0, 0.05) is 19.3 Å². The number of carbonyl (C=O) groups is 2. The lowest BCUT2D eigenvalue weighted by Crippen LogP contribution is -2.36. The molecule has 3 aromatic rings. The lowest BCUT2D eigenvalue weighted by molar-refractivity contribution is -0.116. The Morgan fingerprint density at radius 2 is 1.94 bits per heavy atom. The molecule has 10 heteroatoms. The molecule has 4 rings (SSSR count). The standard InChI is InChI=1S/C21H21N3O5S2/c1-23-17-8-7-15(29-2)11-18(17)30-21(23)22-19(25)12-31(27,28)13-20(26)24-10-9-14-5-3-4-6-16(14)24/h3-8,11H,9-10,12-13H2,1-2H3. The maximum Gasteiger partial charge on any atom is 0.263 e. The second kappa shape index (κ2) is 8.27. The van der Waals surface area contributed by atoms with Crippen LogP contribution in [-0.2, 0) is 32.9 Å². The second-order valence-electron chi connectivity index (χ2n) is 7.24. The third kappa shape index (κ3) is 4.40. The number of hydrogen-bond acceptors (Lipinski definition) is 6. The number of thiazole rings is 1. The van der Waals surface area contributed by atoms with Crippen molar-refractivity contribution in [1.82, 2.24) is 4.57 Å². The quantitative estimate of drug-likeness (QED) is 0.578. The molecule has 0 saturated heterocycles. The Morgan fingerprint density at radius 3 is 2.71 bits per heavy atom. The summed E-state index contributed by atoms with van der Waals surface area (Å²) < 4.78 is 32.8. The van der Waals surface area contributed by atoms with E-state index in [-0.39, 0.29) is 0 Å². The monoisotopic (exact) mass is 459 g/mol. The summed E-state index contributed by atoms with van der Waals surface area (Å²) in [6, 6.07) is 12.9. The molecule has 0 radical (unpaired) electrons. The third-order valence-corrected chi connectivity index (χ3v) is 7.58. The van der Waals surface area contributed by atoms with E-state index in [0.29, 0.717) is 23.5 Å². The van der Waals surface area contributed by atoms with Crippen molar-refractivity contribution in [3.05, 3.63) is 52.8 Å². The number of aryl methyl sites for hydroxylation is 1. The van der Waals surface area contributed by atoms with Crippen LogP contribution in [0.4, 0.5) is 5.69 Å². The number of amides is 2. The van der Waals surface area contributed by atoms with Crippen molar-refractivity contribution in [3.63, 3.8) is 0 Å². The van der Waals surface area contributed by atoms with E-state index in [9.17, 15) is 18.0 Å². The Kier molecular flexibility index (Phi) is 5.67. The van der Waals surface area contributed by atoms with Crippen LogP contribution in [0.3, 0.4) is 0 Å². The zero-order chi connectivity index (χ0) is 22.2. The minimum atomic E-state index is -3.95. The van der Waals surface area contributed by atoms with E-state index < -0.39 is 33.2 Å². The predicted molar refractivity (Wildman–Crippen MR) is 119 cm³/mol. The van der Waals surface area contributed by atoms with Gasteiger partial charge < -0.3 is 14.2 Å². The smallest absolute Gasteiger partial charge is 0.263 e. The maximum absolute atomic E-state index is 12.6. The van der Waals surface area contributed by atoms with Gasteiger partial charge in [-0.1, -0.05) is 29.5 Å². The average molecular weight is 460 g/mol. The van der Waals surface area contributed by atoms with E-state index in [1.807, 2.05) is 30.3 Å². The fourth-order valence-corrected chi connectivity index (χ4v) is 5.73. The minimum Gasteiger partial charge on any atom is -0.497 e. The van der Waals surface area contributed by atoms with Gasteiger partial charge in [0.05, 0.1) is 17.3 Å². The van der Waals surface area contributed by atoms with Crippen molar-refractivity contribution in [2.75, 3.05) is 30.1 Å². The van der Waals surface area contributed by atoms with Gasteiger partial charge in [0.25, 0.3) is 5.91 Å². The van der Waals surface area contributed by atoms with Gasteiger partial charge in [-0.3, -0.25) is 9.59 Å². The molecule has 0 saturated carbocycles. The average Bonchev–Trinajstić information content (AvgIpc) is 3.28. The number of hydrogen-bond donors (Lipinski definition) is 0. The lowest BCUT2D eigenvalue weighted by atomic mass is 10.2. The summed E-state index contributed by atoms with van der Waals surface area (Å²) in [4.78, 5) is 30.8. The van der Waals surface area contributed by atoms with Crippen LogP contribution < -0.4 is 14.4 Å². The van der Waals surface area contributed by atoms with E-state index in [1.165, 1.54) is 16.2 Å². The summed E-state index contributed by atoms with van der Waals surface area (Å²) >= 11 is 1.26. The number of carbonyl (C=O) groups excluding carboxylic acids is 2. The van der Waals surface area contributed by atoms with E-state index in [4.69, 9.17) is 4.74 Å². The highest BCUT2D eigenvalue weighted by Gasteiger charge is 2.29. The van der Waals surface area contributed by atoms with Gasteiger partial charge in [-0.25, -0.2) is 8.42 Å². The number of rotatable bonds is 5. The number of anilines is 1. The fourth-order valence-electron chi connectivity index (χ4n) is 3.59. The molecule has 1 aliphatic rings. The molecule has 0 spiro atoms. The summed E-state index contributed by atoms with van der Waals surface area (Å²) in [7, 11) is -0.637. The topological polar surface area (TPSA) is 98.0 Å². The minimum absolute atomic E-state index is 0.378. The van der Waals surface area contributed by atoms with Crippen molar-refractivity contribution in [3.8, 4) is 5.75 Å². The highest BCUT2D eigenvalue weighted by Crippen LogP contribution is 2.27. The van der Waals surface area contributed by atoms with Gasteiger partial charge in [0.2, 0.25) is 5.91 Å². The molecule has 8 nitrogen and oxygen atoms in total. The zero-order valence-corrected chi connectivity index (χ0v) is 18.7. The van der Waals surface area contributed by atoms with Gasteiger partial charge in [0.15, 0.2) is 14.6 Å².